The molecular weight excluding hydrogens is 357 g/mol. The molecule has 0 saturated carbocycles. The molecule has 2 amide bonds. The van der Waals surface area contributed by atoms with Crippen molar-refractivity contribution in [2.75, 3.05) is 38.6 Å². The number of aryl methyl sites for hydroxylation is 2. The summed E-state index contributed by atoms with van der Waals surface area (Å²) in [4.78, 5) is 27.7. The van der Waals surface area contributed by atoms with Gasteiger partial charge in [0.1, 0.15) is 11.6 Å². The van der Waals surface area contributed by atoms with E-state index in [-0.39, 0.29) is 23.8 Å². The molecule has 0 radical (unpaired) electrons. The van der Waals surface area contributed by atoms with Crippen molar-refractivity contribution in [3.05, 3.63) is 53.2 Å². The van der Waals surface area contributed by atoms with Gasteiger partial charge in [0.2, 0.25) is 0 Å². The summed E-state index contributed by atoms with van der Waals surface area (Å²) in [6.07, 6.45) is 1.78. The molecule has 1 aromatic carbocycles. The number of hydrogen-bond donors (Lipinski definition) is 0. The van der Waals surface area contributed by atoms with E-state index < -0.39 is 0 Å². The average molecular weight is 383 g/mol. The van der Waals surface area contributed by atoms with Gasteiger partial charge < -0.3 is 14.7 Å². The summed E-state index contributed by atoms with van der Waals surface area (Å²) < 4.78 is 13.9. The van der Waals surface area contributed by atoms with Gasteiger partial charge in [0.15, 0.2) is 0 Å². The molecule has 148 valence electrons. The van der Waals surface area contributed by atoms with Crippen LogP contribution in [0.15, 0.2) is 30.5 Å². The Morgan fingerprint density at radius 1 is 1.21 bits per heavy atom. The first-order valence-electron chi connectivity index (χ1n) is 9.63. The number of carbonyl (C=O) groups excluding carboxylic acids is 1. The molecule has 0 bridgehead atoms. The number of rotatable bonds is 2. The molecule has 0 unspecified atom stereocenters. The Morgan fingerprint density at radius 3 is 2.71 bits per heavy atom. The molecule has 2 aliphatic rings. The molecule has 0 spiro atoms. The number of amides is 2. The molecule has 4 rings (SSSR count). The largest absolute Gasteiger partial charge is 0.354 e. The van der Waals surface area contributed by atoms with Gasteiger partial charge in [-0.25, -0.2) is 14.2 Å². The predicted molar refractivity (Wildman–Crippen MR) is 106 cm³/mol. The molecule has 1 aromatic heterocycles. The van der Waals surface area contributed by atoms with Crippen molar-refractivity contribution in [3.63, 3.8) is 0 Å². The number of fused-ring (bicyclic) bond motifs is 1. The van der Waals surface area contributed by atoms with Gasteiger partial charge >= 0.3 is 6.03 Å². The van der Waals surface area contributed by atoms with E-state index in [1.54, 1.807) is 37.3 Å². The first-order chi connectivity index (χ1) is 13.3. The van der Waals surface area contributed by atoms with Gasteiger partial charge in [0, 0.05) is 51.8 Å². The van der Waals surface area contributed by atoms with Crippen molar-refractivity contribution >= 4 is 11.8 Å². The van der Waals surface area contributed by atoms with E-state index >= 15 is 0 Å². The fraction of sp³-hybridized carbons (Fsp3) is 0.476. The molecule has 3 atom stereocenters. The highest BCUT2D eigenvalue weighted by Crippen LogP contribution is 2.46. The van der Waals surface area contributed by atoms with Crippen molar-refractivity contribution in [3.8, 4) is 0 Å². The first kappa shape index (κ1) is 18.7. The van der Waals surface area contributed by atoms with E-state index in [9.17, 15) is 9.18 Å². The number of nitrogens with zero attached hydrogens (tertiary/aromatic N) is 5. The van der Waals surface area contributed by atoms with Gasteiger partial charge in [-0.2, -0.15) is 0 Å². The SMILES string of the molecule is Cc1cnc(C)c(N2C[C@@H]3CN(C(=O)N(C)C)[C@@H](c4cccc(F)c4)[C@@H]3C2)n1. The number of anilines is 1. The minimum Gasteiger partial charge on any atom is -0.354 e. The van der Waals surface area contributed by atoms with E-state index in [2.05, 4.69) is 9.88 Å². The summed E-state index contributed by atoms with van der Waals surface area (Å²) in [7, 11) is 3.52. The normalized spacial score (nSPS) is 23.8. The average Bonchev–Trinajstić information content (AvgIpc) is 3.20. The van der Waals surface area contributed by atoms with Crippen LogP contribution in [0, 0.1) is 31.5 Å². The highest BCUT2D eigenvalue weighted by Gasteiger charge is 2.50. The maximum absolute atomic E-state index is 13.9. The van der Waals surface area contributed by atoms with Crippen LogP contribution in [-0.2, 0) is 0 Å². The van der Waals surface area contributed by atoms with Gasteiger partial charge in [0.25, 0.3) is 0 Å². The summed E-state index contributed by atoms with van der Waals surface area (Å²) in [5.74, 6) is 1.19. The zero-order chi connectivity index (χ0) is 20.0. The molecule has 2 fully saturated rings. The van der Waals surface area contributed by atoms with Crippen LogP contribution in [0.3, 0.4) is 0 Å². The number of benzene rings is 1. The second kappa shape index (κ2) is 7.04. The summed E-state index contributed by atoms with van der Waals surface area (Å²) >= 11 is 0. The Kier molecular flexibility index (Phi) is 4.69. The summed E-state index contributed by atoms with van der Waals surface area (Å²) in [6.45, 7) is 6.19. The number of aromatic nitrogens is 2. The van der Waals surface area contributed by atoms with Gasteiger partial charge in [-0.1, -0.05) is 12.1 Å². The molecule has 28 heavy (non-hydrogen) atoms. The van der Waals surface area contributed by atoms with E-state index in [4.69, 9.17) is 4.98 Å². The fourth-order valence-electron chi connectivity index (χ4n) is 4.61. The number of urea groups is 1. The molecule has 2 aromatic rings. The number of halogens is 1. The lowest BCUT2D eigenvalue weighted by molar-refractivity contribution is 0.159. The highest BCUT2D eigenvalue weighted by molar-refractivity contribution is 5.75. The van der Waals surface area contributed by atoms with Gasteiger partial charge in [0.05, 0.1) is 17.4 Å². The van der Waals surface area contributed by atoms with Gasteiger partial charge in [-0.3, -0.25) is 4.98 Å². The Hall–Kier alpha value is -2.70. The fourth-order valence-corrected chi connectivity index (χ4v) is 4.61. The highest BCUT2D eigenvalue weighted by atomic mass is 19.1. The van der Waals surface area contributed by atoms with E-state index in [0.29, 0.717) is 12.5 Å². The molecule has 0 aliphatic carbocycles. The lowest BCUT2D eigenvalue weighted by atomic mass is 9.89. The first-order valence-corrected chi connectivity index (χ1v) is 9.63. The maximum atomic E-state index is 13.9. The third-order valence-corrected chi connectivity index (χ3v) is 5.83. The van der Waals surface area contributed by atoms with E-state index in [1.165, 1.54) is 6.07 Å². The molecule has 0 N–H and O–H groups in total. The molecular formula is C21H26FN5O. The summed E-state index contributed by atoms with van der Waals surface area (Å²) in [5.41, 5.74) is 2.66. The summed E-state index contributed by atoms with van der Waals surface area (Å²) in [6, 6.07) is 6.48. The quantitative estimate of drug-likeness (QED) is 0.800. The van der Waals surface area contributed by atoms with Crippen LogP contribution in [0.1, 0.15) is 23.0 Å². The predicted octanol–water partition coefficient (Wildman–Crippen LogP) is 3.02. The molecule has 3 heterocycles. The van der Waals surface area contributed by atoms with Crippen molar-refractivity contribution < 1.29 is 9.18 Å². The van der Waals surface area contributed by atoms with Crippen LogP contribution in [0.5, 0.6) is 0 Å². The van der Waals surface area contributed by atoms with Crippen LogP contribution in [0.2, 0.25) is 0 Å². The smallest absolute Gasteiger partial charge is 0.320 e. The topological polar surface area (TPSA) is 52.6 Å². The molecule has 2 aliphatic heterocycles. The Bertz CT molecular complexity index is 902. The number of likely N-dealkylation sites (tertiary alicyclic amines) is 1. The third-order valence-electron chi connectivity index (χ3n) is 5.83. The minimum absolute atomic E-state index is 0.0262. The van der Waals surface area contributed by atoms with E-state index in [0.717, 1.165) is 35.9 Å². The second-order valence-electron chi connectivity index (χ2n) is 8.08. The molecule has 6 nitrogen and oxygen atoms in total. The van der Waals surface area contributed by atoms with Crippen LogP contribution in [0.4, 0.5) is 15.0 Å². The Balaban J connectivity index is 1.67. The molecule has 2 saturated heterocycles. The standard InChI is InChI=1S/C21H26FN5O/c1-13-9-23-14(2)20(24-13)26-10-16-11-27(21(28)25(3)4)19(18(16)12-26)15-6-5-7-17(22)8-15/h5-9,16,18-19H,10-12H2,1-4H3/t16-,18-,19+/m1/s1. The summed E-state index contributed by atoms with van der Waals surface area (Å²) in [5, 5.41) is 0. The van der Waals surface area contributed by atoms with Crippen LogP contribution >= 0.6 is 0 Å². The maximum Gasteiger partial charge on any atom is 0.320 e. The van der Waals surface area contributed by atoms with Crippen molar-refractivity contribution in [1.82, 2.24) is 19.8 Å². The minimum atomic E-state index is -0.270. The zero-order valence-electron chi connectivity index (χ0n) is 16.8. The van der Waals surface area contributed by atoms with Crippen LogP contribution < -0.4 is 4.90 Å². The van der Waals surface area contributed by atoms with E-state index in [1.807, 2.05) is 24.8 Å². The van der Waals surface area contributed by atoms with Crippen molar-refractivity contribution in [2.45, 2.75) is 19.9 Å². The van der Waals surface area contributed by atoms with Crippen LogP contribution in [0.25, 0.3) is 0 Å². The second-order valence-corrected chi connectivity index (χ2v) is 8.08. The monoisotopic (exact) mass is 383 g/mol. The number of carbonyl (C=O) groups is 1. The van der Waals surface area contributed by atoms with Crippen molar-refractivity contribution in [2.24, 2.45) is 11.8 Å². The Labute approximate surface area is 165 Å². The van der Waals surface area contributed by atoms with Crippen LogP contribution in [-0.4, -0.2) is 59.5 Å². The molecule has 7 heteroatoms. The zero-order valence-corrected chi connectivity index (χ0v) is 16.8. The van der Waals surface area contributed by atoms with Crippen molar-refractivity contribution in [1.29, 1.82) is 0 Å². The Morgan fingerprint density at radius 2 is 2.00 bits per heavy atom. The number of hydrogen-bond acceptors (Lipinski definition) is 4. The van der Waals surface area contributed by atoms with Gasteiger partial charge in [-0.05, 0) is 31.5 Å². The van der Waals surface area contributed by atoms with Gasteiger partial charge in [-0.15, -0.1) is 0 Å². The third kappa shape index (κ3) is 3.19. The lowest BCUT2D eigenvalue weighted by Crippen LogP contribution is -2.41. The lowest BCUT2D eigenvalue weighted by Gasteiger charge is -2.32.